The smallest absolute Gasteiger partial charge is 0.233 e. The van der Waals surface area contributed by atoms with Gasteiger partial charge in [0.15, 0.2) is 0 Å². The Morgan fingerprint density at radius 2 is 2.38 bits per heavy atom. The number of fused-ring (bicyclic) bond motifs is 1. The Labute approximate surface area is 94.2 Å². The summed E-state index contributed by atoms with van der Waals surface area (Å²) in [4.78, 5) is 8.34. The van der Waals surface area contributed by atoms with E-state index in [1.165, 1.54) is 0 Å². The molecule has 0 amide bonds. The molecule has 0 aliphatic heterocycles. The number of imidazole rings is 1. The average Bonchev–Trinajstić information content (AvgIpc) is 2.74. The lowest BCUT2D eigenvalue weighted by atomic mass is 10.2. The molecular weight excluding hydrogens is 204 g/mol. The molecule has 0 spiro atoms. The first-order chi connectivity index (χ1) is 7.85. The minimum Gasteiger partial charge on any atom is -0.395 e. The molecule has 0 fully saturated rings. The fourth-order valence-electron chi connectivity index (χ4n) is 1.59. The zero-order valence-electron chi connectivity index (χ0n) is 9.30. The summed E-state index contributed by atoms with van der Waals surface area (Å²) >= 11 is 0. The second kappa shape index (κ2) is 5.05. The number of hydrogen-bond donors (Lipinski definition) is 2. The number of aliphatic hydroxyl groups excluding tert-OH is 1. The molecule has 2 aromatic heterocycles. The minimum absolute atomic E-state index is 0.141. The summed E-state index contributed by atoms with van der Waals surface area (Å²) in [5, 5.41) is 12.3. The lowest BCUT2D eigenvalue weighted by Crippen LogP contribution is -2.31. The van der Waals surface area contributed by atoms with Crippen molar-refractivity contribution in [2.24, 2.45) is 0 Å². The second-order valence-corrected chi connectivity index (χ2v) is 3.71. The molecule has 0 aromatic carbocycles. The Morgan fingerprint density at radius 1 is 1.50 bits per heavy atom. The maximum Gasteiger partial charge on any atom is 0.233 e. The Bertz CT molecular complexity index is 450. The lowest BCUT2D eigenvalue weighted by Gasteiger charge is -2.13. The highest BCUT2D eigenvalue weighted by Crippen LogP contribution is 2.03. The monoisotopic (exact) mass is 220 g/mol. The van der Waals surface area contributed by atoms with Gasteiger partial charge in [-0.15, -0.1) is 0 Å². The molecule has 2 aromatic rings. The van der Waals surface area contributed by atoms with Crippen LogP contribution in [0.4, 0.5) is 0 Å². The molecule has 2 rings (SSSR count). The van der Waals surface area contributed by atoms with Crippen molar-refractivity contribution >= 4 is 5.78 Å². The van der Waals surface area contributed by atoms with Gasteiger partial charge in [-0.05, 0) is 12.5 Å². The molecule has 5 nitrogen and oxygen atoms in total. The Balaban J connectivity index is 2.09. The SMILES string of the molecule is CC[C@H](CO)NCc1cnc2ncccn12. The van der Waals surface area contributed by atoms with Crippen molar-refractivity contribution in [2.45, 2.75) is 25.9 Å². The zero-order valence-corrected chi connectivity index (χ0v) is 9.30. The van der Waals surface area contributed by atoms with Gasteiger partial charge in [-0.3, -0.25) is 4.40 Å². The van der Waals surface area contributed by atoms with E-state index in [-0.39, 0.29) is 12.6 Å². The van der Waals surface area contributed by atoms with Gasteiger partial charge in [0.2, 0.25) is 5.78 Å². The first kappa shape index (κ1) is 11.0. The van der Waals surface area contributed by atoms with Crippen LogP contribution in [0.3, 0.4) is 0 Å². The number of hydrogen-bond acceptors (Lipinski definition) is 4. The summed E-state index contributed by atoms with van der Waals surface area (Å²) in [5.74, 6) is 0.705. The molecule has 0 aliphatic rings. The molecule has 0 aliphatic carbocycles. The third kappa shape index (κ3) is 2.20. The van der Waals surface area contributed by atoms with Gasteiger partial charge in [-0.25, -0.2) is 9.97 Å². The lowest BCUT2D eigenvalue weighted by molar-refractivity contribution is 0.238. The molecule has 86 valence electrons. The summed E-state index contributed by atoms with van der Waals surface area (Å²) in [6, 6.07) is 2.02. The normalized spacial score (nSPS) is 13.1. The van der Waals surface area contributed by atoms with E-state index in [9.17, 15) is 0 Å². The fourth-order valence-corrected chi connectivity index (χ4v) is 1.59. The molecule has 0 radical (unpaired) electrons. The summed E-state index contributed by atoms with van der Waals surface area (Å²) < 4.78 is 1.94. The number of aliphatic hydroxyl groups is 1. The van der Waals surface area contributed by atoms with Crippen LogP contribution >= 0.6 is 0 Å². The van der Waals surface area contributed by atoms with Crippen LogP contribution < -0.4 is 5.32 Å². The van der Waals surface area contributed by atoms with Gasteiger partial charge in [-0.1, -0.05) is 6.92 Å². The maximum absolute atomic E-state index is 9.07. The highest BCUT2D eigenvalue weighted by Gasteiger charge is 2.06. The van der Waals surface area contributed by atoms with Crippen molar-refractivity contribution in [3.05, 3.63) is 30.4 Å². The first-order valence-corrected chi connectivity index (χ1v) is 5.46. The highest BCUT2D eigenvalue weighted by molar-refractivity contribution is 5.30. The van der Waals surface area contributed by atoms with Gasteiger partial charge >= 0.3 is 0 Å². The topological polar surface area (TPSA) is 62.5 Å². The van der Waals surface area contributed by atoms with Crippen LogP contribution in [0, 0.1) is 0 Å². The van der Waals surface area contributed by atoms with E-state index in [4.69, 9.17) is 5.11 Å². The quantitative estimate of drug-likeness (QED) is 0.774. The third-order valence-corrected chi connectivity index (χ3v) is 2.65. The number of nitrogens with one attached hydrogen (secondary N) is 1. The van der Waals surface area contributed by atoms with Gasteiger partial charge < -0.3 is 10.4 Å². The summed E-state index contributed by atoms with van der Waals surface area (Å²) in [6.45, 7) is 2.89. The predicted molar refractivity (Wildman–Crippen MR) is 61.0 cm³/mol. The maximum atomic E-state index is 9.07. The Kier molecular flexibility index (Phi) is 3.48. The highest BCUT2D eigenvalue weighted by atomic mass is 16.3. The van der Waals surface area contributed by atoms with Gasteiger partial charge in [0, 0.05) is 25.0 Å². The van der Waals surface area contributed by atoms with E-state index in [0.29, 0.717) is 12.3 Å². The van der Waals surface area contributed by atoms with Crippen molar-refractivity contribution in [3.63, 3.8) is 0 Å². The van der Waals surface area contributed by atoms with Crippen molar-refractivity contribution < 1.29 is 5.11 Å². The van der Waals surface area contributed by atoms with Gasteiger partial charge in [0.25, 0.3) is 0 Å². The van der Waals surface area contributed by atoms with E-state index in [2.05, 4.69) is 15.3 Å². The molecule has 0 saturated heterocycles. The van der Waals surface area contributed by atoms with Crippen LogP contribution in [-0.4, -0.2) is 32.1 Å². The first-order valence-electron chi connectivity index (χ1n) is 5.46. The average molecular weight is 220 g/mol. The van der Waals surface area contributed by atoms with Crippen LogP contribution in [0.2, 0.25) is 0 Å². The van der Waals surface area contributed by atoms with E-state index in [0.717, 1.165) is 12.1 Å². The molecule has 5 heteroatoms. The molecule has 2 heterocycles. The number of rotatable bonds is 5. The van der Waals surface area contributed by atoms with E-state index in [1.54, 1.807) is 12.4 Å². The van der Waals surface area contributed by atoms with Gasteiger partial charge in [0.1, 0.15) is 0 Å². The van der Waals surface area contributed by atoms with E-state index >= 15 is 0 Å². The third-order valence-electron chi connectivity index (χ3n) is 2.65. The van der Waals surface area contributed by atoms with Crippen molar-refractivity contribution in [3.8, 4) is 0 Å². The molecule has 0 saturated carbocycles. The summed E-state index contributed by atoms with van der Waals surface area (Å²) in [6.07, 6.45) is 6.37. The minimum atomic E-state index is 0.141. The van der Waals surface area contributed by atoms with Crippen LogP contribution in [0.1, 0.15) is 19.0 Å². The van der Waals surface area contributed by atoms with Crippen molar-refractivity contribution in [1.82, 2.24) is 19.7 Å². The Morgan fingerprint density at radius 3 is 3.12 bits per heavy atom. The number of nitrogens with zero attached hydrogens (tertiary/aromatic N) is 3. The van der Waals surface area contributed by atoms with Crippen molar-refractivity contribution in [2.75, 3.05) is 6.61 Å². The van der Waals surface area contributed by atoms with E-state index in [1.807, 2.05) is 23.6 Å². The molecule has 1 atom stereocenters. The fraction of sp³-hybridized carbons (Fsp3) is 0.455. The van der Waals surface area contributed by atoms with Crippen LogP contribution in [0.5, 0.6) is 0 Å². The molecule has 0 bridgehead atoms. The summed E-state index contributed by atoms with van der Waals surface area (Å²) in [5.41, 5.74) is 1.05. The van der Waals surface area contributed by atoms with Crippen LogP contribution in [0.25, 0.3) is 5.78 Å². The zero-order chi connectivity index (χ0) is 11.4. The van der Waals surface area contributed by atoms with Gasteiger partial charge in [0.05, 0.1) is 18.5 Å². The molecule has 2 N–H and O–H groups in total. The predicted octanol–water partition coefficient (Wildman–Crippen LogP) is 0.590. The van der Waals surface area contributed by atoms with Crippen molar-refractivity contribution in [1.29, 1.82) is 0 Å². The largest absolute Gasteiger partial charge is 0.395 e. The summed E-state index contributed by atoms with van der Waals surface area (Å²) in [7, 11) is 0. The van der Waals surface area contributed by atoms with Gasteiger partial charge in [-0.2, -0.15) is 0 Å². The van der Waals surface area contributed by atoms with E-state index < -0.39 is 0 Å². The molecule has 0 unspecified atom stereocenters. The van der Waals surface area contributed by atoms with Crippen LogP contribution in [0.15, 0.2) is 24.7 Å². The Hall–Kier alpha value is -1.46. The second-order valence-electron chi connectivity index (χ2n) is 3.71. The standard InChI is InChI=1S/C11H16N4O/c1-2-9(8-16)13-6-10-7-14-11-12-4-3-5-15(10)11/h3-5,7,9,13,16H,2,6,8H2,1H3/t9-/m1/s1. The van der Waals surface area contributed by atoms with Crippen LogP contribution in [-0.2, 0) is 6.54 Å². The molecular formula is C11H16N4O. The molecule has 16 heavy (non-hydrogen) atoms. The number of aromatic nitrogens is 3.